The van der Waals surface area contributed by atoms with E-state index in [1.54, 1.807) is 0 Å². The molecule has 18 heavy (non-hydrogen) atoms. The Balaban J connectivity index is 2.50. The number of carbonyl (C=O) groups excluding carboxylic acids is 1. The highest BCUT2D eigenvalue weighted by atomic mass is 19.1. The molecular formula is C13H10F2N2O. The maximum atomic E-state index is 13.5. The third-order valence-electron chi connectivity index (χ3n) is 2.45. The molecule has 92 valence electrons. The molecule has 0 amide bonds. The van der Waals surface area contributed by atoms with Gasteiger partial charge in [-0.2, -0.15) is 0 Å². The standard InChI is InChI=1S/C13H10F2N2O/c1-2-11(15)13-16-12(7-17(13)8-18)9-3-5-10(14)6-4-9/h2-8H,1H3/b11-2+. The van der Waals surface area contributed by atoms with Crippen LogP contribution >= 0.6 is 0 Å². The van der Waals surface area contributed by atoms with Crippen molar-refractivity contribution >= 4 is 12.2 Å². The number of imidazole rings is 1. The molecule has 0 spiro atoms. The monoisotopic (exact) mass is 248 g/mol. The van der Waals surface area contributed by atoms with E-state index in [-0.39, 0.29) is 11.6 Å². The minimum atomic E-state index is -0.588. The molecule has 0 aliphatic heterocycles. The van der Waals surface area contributed by atoms with E-state index >= 15 is 0 Å². The summed E-state index contributed by atoms with van der Waals surface area (Å²) in [7, 11) is 0. The van der Waals surface area contributed by atoms with Crippen molar-refractivity contribution in [2.75, 3.05) is 0 Å². The van der Waals surface area contributed by atoms with E-state index in [2.05, 4.69) is 4.98 Å². The van der Waals surface area contributed by atoms with Crippen LogP contribution in [0.3, 0.4) is 0 Å². The van der Waals surface area contributed by atoms with Crippen molar-refractivity contribution in [1.29, 1.82) is 0 Å². The lowest BCUT2D eigenvalue weighted by Gasteiger charge is -1.95. The molecule has 1 aromatic heterocycles. The lowest BCUT2D eigenvalue weighted by Crippen LogP contribution is -1.97. The summed E-state index contributed by atoms with van der Waals surface area (Å²) in [6.45, 7) is 1.51. The number of carbonyl (C=O) groups is 1. The minimum absolute atomic E-state index is 0.0631. The highest BCUT2D eigenvalue weighted by Crippen LogP contribution is 2.22. The van der Waals surface area contributed by atoms with Crippen LogP contribution in [0.4, 0.5) is 8.78 Å². The van der Waals surface area contributed by atoms with E-state index in [0.29, 0.717) is 17.7 Å². The molecule has 0 aliphatic carbocycles. The summed E-state index contributed by atoms with van der Waals surface area (Å²) >= 11 is 0. The number of rotatable bonds is 3. The van der Waals surface area contributed by atoms with Crippen LogP contribution in [0.5, 0.6) is 0 Å². The van der Waals surface area contributed by atoms with E-state index in [1.165, 1.54) is 43.5 Å². The molecule has 0 unspecified atom stereocenters. The molecule has 3 nitrogen and oxygen atoms in total. The fraction of sp³-hybridized carbons (Fsp3) is 0.0769. The largest absolute Gasteiger partial charge is 0.278 e. The van der Waals surface area contributed by atoms with Crippen LogP contribution in [0.25, 0.3) is 17.1 Å². The SMILES string of the molecule is C/C=C(/F)c1nc(-c2ccc(F)cc2)cn1C=O. The van der Waals surface area contributed by atoms with Gasteiger partial charge >= 0.3 is 0 Å². The zero-order valence-corrected chi connectivity index (χ0v) is 9.60. The number of allylic oxidation sites excluding steroid dienone is 1. The first-order valence-corrected chi connectivity index (χ1v) is 5.28. The van der Waals surface area contributed by atoms with Crippen molar-refractivity contribution < 1.29 is 13.6 Å². The Morgan fingerprint density at radius 3 is 2.56 bits per heavy atom. The third-order valence-corrected chi connectivity index (χ3v) is 2.45. The van der Waals surface area contributed by atoms with E-state index < -0.39 is 5.83 Å². The molecule has 1 heterocycles. The highest BCUT2D eigenvalue weighted by Gasteiger charge is 2.12. The zero-order chi connectivity index (χ0) is 13.1. The number of aromatic nitrogens is 2. The fourth-order valence-electron chi connectivity index (χ4n) is 1.54. The molecule has 0 atom stereocenters. The zero-order valence-electron chi connectivity index (χ0n) is 9.60. The molecule has 2 aromatic rings. The lowest BCUT2D eigenvalue weighted by molar-refractivity contribution is 0.545. The number of benzene rings is 1. The Labute approximate surface area is 102 Å². The van der Waals surface area contributed by atoms with Gasteiger partial charge < -0.3 is 0 Å². The van der Waals surface area contributed by atoms with Gasteiger partial charge in [0.2, 0.25) is 6.41 Å². The molecule has 0 fully saturated rings. The molecule has 0 aliphatic rings. The van der Waals surface area contributed by atoms with Crippen molar-refractivity contribution in [3.8, 4) is 11.3 Å². The second kappa shape index (κ2) is 4.91. The molecule has 2 rings (SSSR count). The van der Waals surface area contributed by atoms with Crippen LogP contribution in [-0.2, 0) is 4.79 Å². The van der Waals surface area contributed by atoms with E-state index in [0.717, 1.165) is 4.57 Å². The van der Waals surface area contributed by atoms with Crippen molar-refractivity contribution in [3.05, 3.63) is 48.2 Å². The Hall–Kier alpha value is -2.30. The molecule has 0 bridgehead atoms. The number of hydrogen-bond donors (Lipinski definition) is 0. The quantitative estimate of drug-likeness (QED) is 0.782. The second-order valence-electron chi connectivity index (χ2n) is 3.61. The Kier molecular flexibility index (Phi) is 3.32. The first-order chi connectivity index (χ1) is 8.65. The van der Waals surface area contributed by atoms with Gasteiger partial charge in [-0.1, -0.05) is 0 Å². The van der Waals surface area contributed by atoms with Crippen LogP contribution in [0.15, 0.2) is 36.5 Å². The topological polar surface area (TPSA) is 34.9 Å². The van der Waals surface area contributed by atoms with Crippen LogP contribution in [-0.4, -0.2) is 16.0 Å². The smallest absolute Gasteiger partial charge is 0.219 e. The summed E-state index contributed by atoms with van der Waals surface area (Å²) in [5.41, 5.74) is 1.02. The highest BCUT2D eigenvalue weighted by molar-refractivity contribution is 5.69. The van der Waals surface area contributed by atoms with Gasteiger partial charge in [0.25, 0.3) is 0 Å². The molecule has 1 aromatic carbocycles. The predicted molar refractivity (Wildman–Crippen MR) is 64.5 cm³/mol. The Morgan fingerprint density at radius 1 is 1.33 bits per heavy atom. The van der Waals surface area contributed by atoms with Gasteiger partial charge in [-0.05, 0) is 37.3 Å². The van der Waals surface area contributed by atoms with Gasteiger partial charge in [-0.3, -0.25) is 9.36 Å². The molecule has 0 saturated carbocycles. The Bertz CT molecular complexity index is 600. The summed E-state index contributed by atoms with van der Waals surface area (Å²) in [6, 6.07) is 5.59. The van der Waals surface area contributed by atoms with Gasteiger partial charge in [0.1, 0.15) is 5.82 Å². The van der Waals surface area contributed by atoms with Crippen LogP contribution in [0, 0.1) is 5.82 Å². The van der Waals surface area contributed by atoms with Gasteiger partial charge in [0.05, 0.1) is 5.69 Å². The van der Waals surface area contributed by atoms with E-state index in [9.17, 15) is 13.6 Å². The second-order valence-corrected chi connectivity index (χ2v) is 3.61. The summed E-state index contributed by atoms with van der Waals surface area (Å²) in [6.07, 6.45) is 3.09. The number of nitrogens with zero attached hydrogens (tertiary/aromatic N) is 2. The summed E-state index contributed by atoms with van der Waals surface area (Å²) in [5.74, 6) is -1.02. The van der Waals surface area contributed by atoms with E-state index in [1.807, 2.05) is 0 Å². The van der Waals surface area contributed by atoms with Gasteiger partial charge in [-0.25, -0.2) is 13.8 Å². The number of hydrogen-bond acceptors (Lipinski definition) is 2. The Morgan fingerprint density at radius 2 is 2.00 bits per heavy atom. The molecule has 5 heteroatoms. The van der Waals surface area contributed by atoms with Crippen LogP contribution < -0.4 is 0 Å². The maximum Gasteiger partial charge on any atom is 0.219 e. The van der Waals surface area contributed by atoms with Crippen LogP contribution in [0.2, 0.25) is 0 Å². The molecular weight excluding hydrogens is 238 g/mol. The van der Waals surface area contributed by atoms with Crippen molar-refractivity contribution in [1.82, 2.24) is 9.55 Å². The van der Waals surface area contributed by atoms with Crippen molar-refractivity contribution in [2.45, 2.75) is 6.92 Å². The normalized spacial score (nSPS) is 11.6. The fourth-order valence-corrected chi connectivity index (χ4v) is 1.54. The molecule has 0 radical (unpaired) electrons. The average Bonchev–Trinajstić information content (AvgIpc) is 2.82. The average molecular weight is 248 g/mol. The minimum Gasteiger partial charge on any atom is -0.278 e. The first kappa shape index (κ1) is 12.2. The third kappa shape index (κ3) is 2.20. The first-order valence-electron chi connectivity index (χ1n) is 5.28. The lowest BCUT2D eigenvalue weighted by atomic mass is 10.2. The van der Waals surface area contributed by atoms with Gasteiger partial charge in [-0.15, -0.1) is 0 Å². The van der Waals surface area contributed by atoms with Gasteiger partial charge in [0.15, 0.2) is 11.7 Å². The number of halogens is 2. The summed E-state index contributed by atoms with van der Waals surface area (Å²) in [5, 5.41) is 0. The summed E-state index contributed by atoms with van der Waals surface area (Å²) < 4.78 is 27.3. The maximum absolute atomic E-state index is 13.5. The van der Waals surface area contributed by atoms with Crippen molar-refractivity contribution in [3.63, 3.8) is 0 Å². The van der Waals surface area contributed by atoms with Crippen molar-refractivity contribution in [2.24, 2.45) is 0 Å². The van der Waals surface area contributed by atoms with Crippen LogP contribution in [0.1, 0.15) is 12.7 Å². The van der Waals surface area contributed by atoms with Gasteiger partial charge in [0, 0.05) is 11.8 Å². The molecule has 0 saturated heterocycles. The molecule has 0 N–H and O–H groups in total. The summed E-state index contributed by atoms with van der Waals surface area (Å²) in [4.78, 5) is 14.8. The predicted octanol–water partition coefficient (Wildman–Crippen LogP) is 3.06. The van der Waals surface area contributed by atoms with E-state index in [4.69, 9.17) is 0 Å².